The summed E-state index contributed by atoms with van der Waals surface area (Å²) >= 11 is 1.36. The van der Waals surface area contributed by atoms with Crippen LogP contribution in [0, 0.1) is 11.3 Å². The Morgan fingerprint density at radius 3 is 2.78 bits per heavy atom. The zero-order chi connectivity index (χ0) is 19.6. The van der Waals surface area contributed by atoms with Crippen molar-refractivity contribution in [1.82, 2.24) is 4.90 Å². The highest BCUT2D eigenvalue weighted by atomic mass is 32.1. The third-order valence-corrected chi connectivity index (χ3v) is 4.90. The molecule has 0 bridgehead atoms. The second kappa shape index (κ2) is 10.6. The minimum Gasteiger partial charge on any atom is -0.493 e. The molecule has 0 unspecified atom stereocenters. The number of methoxy groups -OCH3 is 1. The standard InChI is InChI=1S/C20H25N3O3S/c1-4-23(10-8-19(24)22-20-16(13-21)9-11-27-20)14-15-6-7-17(26-5-2)18(12-15)25-3/h6-7,9,11-12H,4-5,8,10,14H2,1-3H3,(H,22,24). The van der Waals surface area contributed by atoms with Crippen LogP contribution in [0.15, 0.2) is 29.6 Å². The molecule has 2 aromatic rings. The molecule has 0 aliphatic rings. The number of anilines is 1. The van der Waals surface area contributed by atoms with E-state index in [1.165, 1.54) is 11.3 Å². The molecule has 1 amide bonds. The van der Waals surface area contributed by atoms with Crippen LogP contribution >= 0.6 is 11.3 Å². The summed E-state index contributed by atoms with van der Waals surface area (Å²) in [7, 11) is 1.63. The molecule has 0 aliphatic carbocycles. The Bertz CT molecular complexity index is 798. The Balaban J connectivity index is 1.91. The first-order chi connectivity index (χ1) is 13.1. The predicted molar refractivity (Wildman–Crippen MR) is 107 cm³/mol. The fraction of sp³-hybridized carbons (Fsp3) is 0.400. The zero-order valence-electron chi connectivity index (χ0n) is 15.9. The average Bonchev–Trinajstić information content (AvgIpc) is 3.13. The maximum atomic E-state index is 12.2. The lowest BCUT2D eigenvalue weighted by Gasteiger charge is -2.21. The predicted octanol–water partition coefficient (Wildman–Crippen LogP) is 3.88. The van der Waals surface area contributed by atoms with Gasteiger partial charge in [-0.05, 0) is 42.6 Å². The second-order valence-electron chi connectivity index (χ2n) is 5.86. The Kier molecular flexibility index (Phi) is 8.11. The third kappa shape index (κ3) is 5.98. The van der Waals surface area contributed by atoms with Gasteiger partial charge in [-0.25, -0.2) is 0 Å². The summed E-state index contributed by atoms with van der Waals surface area (Å²) in [5.74, 6) is 1.36. The molecule has 7 heteroatoms. The minimum absolute atomic E-state index is 0.0864. The van der Waals surface area contributed by atoms with Crippen molar-refractivity contribution in [3.05, 3.63) is 40.8 Å². The number of thiophene rings is 1. The summed E-state index contributed by atoms with van der Waals surface area (Å²) in [6, 6.07) is 9.68. The summed E-state index contributed by atoms with van der Waals surface area (Å²) < 4.78 is 10.9. The summed E-state index contributed by atoms with van der Waals surface area (Å²) in [5.41, 5.74) is 1.60. The van der Waals surface area contributed by atoms with Gasteiger partial charge in [-0.3, -0.25) is 9.69 Å². The molecule has 0 saturated carbocycles. The first-order valence-corrected chi connectivity index (χ1v) is 9.78. The molecule has 6 nitrogen and oxygen atoms in total. The molecule has 1 heterocycles. The lowest BCUT2D eigenvalue weighted by atomic mass is 10.2. The van der Waals surface area contributed by atoms with Crippen molar-refractivity contribution in [1.29, 1.82) is 5.26 Å². The van der Waals surface area contributed by atoms with Crippen LogP contribution in [-0.2, 0) is 11.3 Å². The molecule has 0 atom stereocenters. The van der Waals surface area contributed by atoms with Crippen LogP contribution in [0.2, 0.25) is 0 Å². The van der Waals surface area contributed by atoms with Crippen molar-refractivity contribution in [2.45, 2.75) is 26.8 Å². The second-order valence-corrected chi connectivity index (χ2v) is 6.78. The number of ether oxygens (including phenoxy) is 2. The highest BCUT2D eigenvalue weighted by Crippen LogP contribution is 2.28. The van der Waals surface area contributed by atoms with Crippen LogP contribution in [0.4, 0.5) is 5.00 Å². The van der Waals surface area contributed by atoms with Crippen LogP contribution in [-0.4, -0.2) is 37.6 Å². The van der Waals surface area contributed by atoms with Gasteiger partial charge in [0.15, 0.2) is 11.5 Å². The van der Waals surface area contributed by atoms with Crippen molar-refractivity contribution in [3.8, 4) is 17.6 Å². The number of carbonyl (C=O) groups is 1. The number of nitrogens with zero attached hydrogens (tertiary/aromatic N) is 2. The number of rotatable bonds is 10. The molecule has 1 aromatic heterocycles. The van der Waals surface area contributed by atoms with E-state index >= 15 is 0 Å². The molecule has 0 saturated heterocycles. The molecule has 0 aliphatic heterocycles. The van der Waals surface area contributed by atoms with Gasteiger partial charge in [0.25, 0.3) is 0 Å². The Morgan fingerprint density at radius 2 is 2.11 bits per heavy atom. The average molecular weight is 388 g/mol. The number of hydrogen-bond donors (Lipinski definition) is 1. The van der Waals surface area contributed by atoms with Gasteiger partial charge in [0.05, 0.1) is 19.3 Å². The summed E-state index contributed by atoms with van der Waals surface area (Å²) in [6.45, 7) is 6.76. The van der Waals surface area contributed by atoms with Crippen molar-refractivity contribution >= 4 is 22.2 Å². The highest BCUT2D eigenvalue weighted by molar-refractivity contribution is 7.14. The van der Waals surface area contributed by atoms with Gasteiger partial charge < -0.3 is 14.8 Å². The lowest BCUT2D eigenvalue weighted by Crippen LogP contribution is -2.27. The minimum atomic E-state index is -0.0864. The molecule has 1 aromatic carbocycles. The van der Waals surface area contributed by atoms with E-state index in [0.717, 1.165) is 24.4 Å². The van der Waals surface area contributed by atoms with Crippen molar-refractivity contribution in [3.63, 3.8) is 0 Å². The Labute approximate surface area is 164 Å². The molecule has 2 rings (SSSR count). The lowest BCUT2D eigenvalue weighted by molar-refractivity contribution is -0.116. The number of benzene rings is 1. The Morgan fingerprint density at radius 1 is 1.30 bits per heavy atom. The fourth-order valence-electron chi connectivity index (χ4n) is 2.64. The fourth-order valence-corrected chi connectivity index (χ4v) is 3.39. The third-order valence-electron chi connectivity index (χ3n) is 4.07. The quantitative estimate of drug-likeness (QED) is 0.670. The molecule has 27 heavy (non-hydrogen) atoms. The SMILES string of the molecule is CCOc1ccc(CN(CC)CCC(=O)Nc2sccc2C#N)cc1OC. The van der Waals surface area contributed by atoms with Crippen LogP contribution < -0.4 is 14.8 Å². The molecule has 0 radical (unpaired) electrons. The number of carbonyl (C=O) groups excluding carboxylic acids is 1. The van der Waals surface area contributed by atoms with Gasteiger partial charge in [-0.1, -0.05) is 13.0 Å². The van der Waals surface area contributed by atoms with Crippen LogP contribution in [0.25, 0.3) is 0 Å². The van der Waals surface area contributed by atoms with Gasteiger partial charge >= 0.3 is 0 Å². The molecular weight excluding hydrogens is 362 g/mol. The molecular formula is C20H25N3O3S. The van der Waals surface area contributed by atoms with E-state index in [0.29, 0.717) is 35.9 Å². The smallest absolute Gasteiger partial charge is 0.226 e. The number of amides is 1. The van der Waals surface area contributed by atoms with Gasteiger partial charge in [-0.15, -0.1) is 11.3 Å². The molecule has 0 fully saturated rings. The summed E-state index contributed by atoms with van der Waals surface area (Å²) in [5, 5.41) is 14.2. The van der Waals surface area contributed by atoms with Gasteiger partial charge in [-0.2, -0.15) is 5.26 Å². The molecule has 0 spiro atoms. The molecule has 1 N–H and O–H groups in total. The normalized spacial score (nSPS) is 10.5. The van der Waals surface area contributed by atoms with E-state index in [9.17, 15) is 4.79 Å². The van der Waals surface area contributed by atoms with E-state index in [1.54, 1.807) is 18.6 Å². The van der Waals surface area contributed by atoms with E-state index in [-0.39, 0.29) is 5.91 Å². The van der Waals surface area contributed by atoms with Crippen LogP contribution in [0.5, 0.6) is 11.5 Å². The van der Waals surface area contributed by atoms with Crippen LogP contribution in [0.3, 0.4) is 0 Å². The maximum Gasteiger partial charge on any atom is 0.226 e. The van der Waals surface area contributed by atoms with Gasteiger partial charge in [0.1, 0.15) is 11.1 Å². The van der Waals surface area contributed by atoms with E-state index in [4.69, 9.17) is 14.7 Å². The number of nitriles is 1. The van der Waals surface area contributed by atoms with Crippen molar-refractivity contribution in [2.75, 3.05) is 32.1 Å². The summed E-state index contributed by atoms with van der Waals surface area (Å²) in [6.07, 6.45) is 0.366. The molecule has 144 valence electrons. The van der Waals surface area contributed by atoms with Gasteiger partial charge in [0, 0.05) is 19.5 Å². The van der Waals surface area contributed by atoms with Crippen molar-refractivity contribution in [2.24, 2.45) is 0 Å². The highest BCUT2D eigenvalue weighted by Gasteiger charge is 2.12. The first kappa shape index (κ1) is 20.7. The van der Waals surface area contributed by atoms with E-state index in [1.807, 2.05) is 25.1 Å². The Hall–Kier alpha value is -2.56. The van der Waals surface area contributed by atoms with E-state index in [2.05, 4.69) is 23.2 Å². The topological polar surface area (TPSA) is 74.6 Å². The zero-order valence-corrected chi connectivity index (χ0v) is 16.8. The van der Waals surface area contributed by atoms with Gasteiger partial charge in [0.2, 0.25) is 5.91 Å². The number of nitrogens with one attached hydrogen (secondary N) is 1. The maximum absolute atomic E-state index is 12.2. The first-order valence-electron chi connectivity index (χ1n) is 8.90. The van der Waals surface area contributed by atoms with Crippen molar-refractivity contribution < 1.29 is 14.3 Å². The number of hydrogen-bond acceptors (Lipinski definition) is 6. The monoisotopic (exact) mass is 387 g/mol. The van der Waals surface area contributed by atoms with Crippen LogP contribution in [0.1, 0.15) is 31.4 Å². The largest absolute Gasteiger partial charge is 0.493 e. The summed E-state index contributed by atoms with van der Waals surface area (Å²) in [4.78, 5) is 14.4. The van der Waals surface area contributed by atoms with E-state index < -0.39 is 0 Å².